The Hall–Kier alpha value is -3.25. The van der Waals surface area contributed by atoms with Gasteiger partial charge in [-0.2, -0.15) is 13.2 Å². The quantitative estimate of drug-likeness (QED) is 0.890. The molecule has 0 aliphatic carbocycles. The van der Waals surface area contributed by atoms with Gasteiger partial charge >= 0.3 is 12.3 Å². The molecule has 2 aromatic carbocycles. The number of benzene rings is 1. The van der Waals surface area contributed by atoms with E-state index in [1.165, 1.54) is 17.0 Å². The molecule has 1 heterocycles. The highest BCUT2D eigenvalue weighted by Gasteiger charge is 2.33. The van der Waals surface area contributed by atoms with Gasteiger partial charge in [-0.05, 0) is 42.5 Å². The van der Waals surface area contributed by atoms with Gasteiger partial charge in [0.1, 0.15) is 6.61 Å². The van der Waals surface area contributed by atoms with Crippen LogP contribution in [0.2, 0.25) is 0 Å². The van der Waals surface area contributed by atoms with Crippen LogP contribution in [0, 0.1) is 12.1 Å². The molecule has 0 unspecified atom stereocenters. The minimum atomic E-state index is -4.66. The lowest BCUT2D eigenvalue weighted by atomic mass is 10.1. The van der Waals surface area contributed by atoms with Crippen molar-refractivity contribution in [3.8, 4) is 5.75 Å². The number of hydrogen-bond acceptors (Lipinski definition) is 4. The van der Waals surface area contributed by atoms with E-state index in [0.717, 1.165) is 12.1 Å². The van der Waals surface area contributed by atoms with Crippen LogP contribution in [0.25, 0.3) is 0 Å². The minimum Gasteiger partial charge on any atom is -0.401 e. The highest BCUT2D eigenvalue weighted by molar-refractivity contribution is 5.96. The molecule has 0 radical (unpaired) electrons. The summed E-state index contributed by atoms with van der Waals surface area (Å²) in [6, 6.07) is 12.5. The number of nitrogens with zero attached hydrogens (tertiary/aromatic N) is 1. The van der Waals surface area contributed by atoms with E-state index in [9.17, 15) is 22.8 Å². The maximum Gasteiger partial charge on any atom is 0.417 e. The van der Waals surface area contributed by atoms with Crippen LogP contribution in [0.1, 0.15) is 5.56 Å². The molecule has 1 aliphatic rings. The first-order valence-electron chi connectivity index (χ1n) is 7.80. The lowest BCUT2D eigenvalue weighted by Gasteiger charge is -2.28. The van der Waals surface area contributed by atoms with Gasteiger partial charge in [-0.15, -0.1) is 0 Å². The minimum absolute atomic E-state index is 0.00744. The Morgan fingerprint density at radius 3 is 2.78 bits per heavy atom. The Bertz CT molecular complexity index is 840. The Kier molecular flexibility index (Phi) is 5.19. The van der Waals surface area contributed by atoms with Crippen molar-refractivity contribution in [2.45, 2.75) is 6.18 Å². The summed E-state index contributed by atoms with van der Waals surface area (Å²) in [6.07, 6.45) is -5.65. The standard InChI is InChI=1S/C18H13F3N2O4/c19-18(20,21)12-8-13(22-17(25)27-15-4-2-1-3-5-15)10-14(9-12)23-6-7-26-11-16(23)24/h1-2,4,8-10H,6-7,11H2,(H,22,25). The van der Waals surface area contributed by atoms with Gasteiger partial charge in [-0.1, -0.05) is 6.07 Å². The highest BCUT2D eigenvalue weighted by Crippen LogP contribution is 2.35. The molecule has 27 heavy (non-hydrogen) atoms. The van der Waals surface area contributed by atoms with Gasteiger partial charge < -0.3 is 14.4 Å². The predicted octanol–water partition coefficient (Wildman–Crippen LogP) is 3.28. The third-order valence-corrected chi connectivity index (χ3v) is 3.61. The summed E-state index contributed by atoms with van der Waals surface area (Å²) in [6.45, 7) is 0.0906. The molecule has 6 nitrogen and oxygen atoms in total. The van der Waals surface area contributed by atoms with E-state index in [1.807, 2.05) is 0 Å². The van der Waals surface area contributed by atoms with Gasteiger partial charge in [0.2, 0.25) is 0 Å². The number of alkyl halides is 3. The zero-order chi connectivity index (χ0) is 19.4. The second-order valence-corrected chi connectivity index (χ2v) is 5.54. The molecule has 0 bridgehead atoms. The number of rotatable bonds is 3. The van der Waals surface area contributed by atoms with Crippen LogP contribution in [0.4, 0.5) is 29.3 Å². The largest absolute Gasteiger partial charge is 0.417 e. The highest BCUT2D eigenvalue weighted by atomic mass is 19.4. The summed E-state index contributed by atoms with van der Waals surface area (Å²) in [4.78, 5) is 25.1. The topological polar surface area (TPSA) is 67.9 Å². The number of carbonyl (C=O) groups excluding carboxylic acids is 2. The normalized spacial score (nSPS) is 14.5. The second kappa shape index (κ2) is 7.55. The second-order valence-electron chi connectivity index (χ2n) is 5.54. The number of morpholine rings is 1. The first-order chi connectivity index (χ1) is 12.8. The van der Waals surface area contributed by atoms with Crippen molar-refractivity contribution in [2.75, 3.05) is 30.0 Å². The number of amides is 2. The molecule has 3 rings (SSSR count). The van der Waals surface area contributed by atoms with Crippen LogP contribution >= 0.6 is 0 Å². The van der Waals surface area contributed by atoms with Crippen LogP contribution in [0.15, 0.2) is 36.4 Å². The fourth-order valence-corrected chi connectivity index (χ4v) is 2.43. The van der Waals surface area contributed by atoms with Crippen molar-refractivity contribution < 1.29 is 32.2 Å². The van der Waals surface area contributed by atoms with Gasteiger partial charge in [0.15, 0.2) is 5.75 Å². The number of anilines is 2. The van der Waals surface area contributed by atoms with E-state index >= 15 is 0 Å². The third kappa shape index (κ3) is 4.68. The van der Waals surface area contributed by atoms with E-state index in [-0.39, 0.29) is 36.9 Å². The van der Waals surface area contributed by atoms with E-state index in [1.54, 1.807) is 12.1 Å². The summed E-state index contributed by atoms with van der Waals surface area (Å²) in [5, 5.41) is 2.23. The number of carbonyl (C=O) groups is 2. The molecular formula is C18H13F3N2O4. The van der Waals surface area contributed by atoms with Crippen molar-refractivity contribution in [1.29, 1.82) is 0 Å². The smallest absolute Gasteiger partial charge is 0.401 e. The van der Waals surface area contributed by atoms with Crippen molar-refractivity contribution in [3.05, 3.63) is 54.1 Å². The molecule has 2 amide bonds. The van der Waals surface area contributed by atoms with Crippen LogP contribution in [0.3, 0.4) is 0 Å². The van der Waals surface area contributed by atoms with E-state index in [4.69, 9.17) is 9.47 Å². The van der Waals surface area contributed by atoms with Crippen LogP contribution < -0.4 is 15.0 Å². The van der Waals surface area contributed by atoms with E-state index < -0.39 is 23.7 Å². The predicted molar refractivity (Wildman–Crippen MR) is 88.4 cm³/mol. The van der Waals surface area contributed by atoms with Gasteiger partial charge in [0.25, 0.3) is 5.91 Å². The van der Waals surface area contributed by atoms with Crippen molar-refractivity contribution in [1.82, 2.24) is 0 Å². The molecule has 0 spiro atoms. The van der Waals surface area contributed by atoms with Gasteiger partial charge in [0, 0.05) is 17.9 Å². The molecule has 1 saturated heterocycles. The summed E-state index contributed by atoms with van der Waals surface area (Å²) < 4.78 is 49.6. The van der Waals surface area contributed by atoms with Crippen LogP contribution in [-0.2, 0) is 15.7 Å². The Labute approximate surface area is 152 Å². The molecule has 0 aromatic heterocycles. The third-order valence-electron chi connectivity index (χ3n) is 3.61. The van der Waals surface area contributed by atoms with Gasteiger partial charge in [-0.25, -0.2) is 4.79 Å². The molecule has 1 fully saturated rings. The van der Waals surface area contributed by atoms with Crippen LogP contribution in [0.5, 0.6) is 5.75 Å². The van der Waals surface area contributed by atoms with E-state index in [0.29, 0.717) is 0 Å². The fourth-order valence-electron chi connectivity index (χ4n) is 2.43. The monoisotopic (exact) mass is 378 g/mol. The SMILES string of the molecule is O=C(Nc1cc(N2CCOCC2=O)cc(C(F)(F)F)c1)Oc1c#cccc1. The Morgan fingerprint density at radius 1 is 1.30 bits per heavy atom. The lowest BCUT2D eigenvalue weighted by molar-refractivity contribution is -0.137. The molecule has 140 valence electrons. The molecule has 1 aliphatic heterocycles. The zero-order valence-corrected chi connectivity index (χ0v) is 13.8. The lowest BCUT2D eigenvalue weighted by Crippen LogP contribution is -2.41. The molecule has 0 atom stereocenters. The van der Waals surface area contributed by atoms with Gasteiger partial charge in [-0.3, -0.25) is 10.1 Å². The first kappa shape index (κ1) is 18.5. The Morgan fingerprint density at radius 2 is 2.11 bits per heavy atom. The first-order valence-corrected chi connectivity index (χ1v) is 7.80. The number of halogens is 3. The summed E-state index contributed by atoms with van der Waals surface area (Å²) >= 11 is 0. The molecule has 9 heteroatoms. The number of nitrogens with one attached hydrogen (secondary N) is 1. The maximum absolute atomic E-state index is 13.2. The van der Waals surface area contributed by atoms with Crippen molar-refractivity contribution in [3.63, 3.8) is 0 Å². The van der Waals surface area contributed by atoms with Gasteiger partial charge in [0.05, 0.1) is 12.2 Å². The molecular weight excluding hydrogens is 365 g/mol. The van der Waals surface area contributed by atoms with Crippen molar-refractivity contribution in [2.24, 2.45) is 0 Å². The average Bonchev–Trinajstić information content (AvgIpc) is 2.62. The summed E-state index contributed by atoms with van der Waals surface area (Å²) in [7, 11) is 0. The Balaban J connectivity index is 1.86. The fraction of sp³-hybridized carbons (Fsp3) is 0.222. The molecule has 0 saturated carbocycles. The number of hydrogen-bond donors (Lipinski definition) is 1. The number of ether oxygens (including phenoxy) is 2. The van der Waals surface area contributed by atoms with Crippen molar-refractivity contribution >= 4 is 23.4 Å². The maximum atomic E-state index is 13.2. The molecule has 2 aromatic rings. The molecule has 1 N–H and O–H groups in total. The summed E-state index contributed by atoms with van der Waals surface area (Å²) in [5.41, 5.74) is -1.16. The van der Waals surface area contributed by atoms with E-state index in [2.05, 4.69) is 17.4 Å². The summed E-state index contributed by atoms with van der Waals surface area (Å²) in [5.74, 6) is -0.408. The van der Waals surface area contributed by atoms with Crippen LogP contribution in [-0.4, -0.2) is 31.8 Å². The zero-order valence-electron chi connectivity index (χ0n) is 13.8. The average molecular weight is 378 g/mol.